The van der Waals surface area contributed by atoms with Crippen LogP contribution in [0.15, 0.2) is 53.6 Å². The smallest absolute Gasteiger partial charge is 0.416 e. The van der Waals surface area contributed by atoms with Crippen LogP contribution < -0.4 is 14.8 Å². The first-order valence-corrected chi connectivity index (χ1v) is 14.5. The Bertz CT molecular complexity index is 1230. The van der Waals surface area contributed by atoms with Crippen molar-refractivity contribution in [1.29, 1.82) is 0 Å². The van der Waals surface area contributed by atoms with Crippen molar-refractivity contribution in [3.8, 4) is 5.75 Å². The van der Waals surface area contributed by atoms with Crippen molar-refractivity contribution in [3.05, 3.63) is 71.0 Å². The molecule has 11 heteroatoms. The first kappa shape index (κ1) is 30.8. The summed E-state index contributed by atoms with van der Waals surface area (Å²) in [4.78, 5) is 0.0721. The molecule has 0 bridgehead atoms. The van der Waals surface area contributed by atoms with Crippen LogP contribution in [0.4, 0.5) is 13.2 Å². The summed E-state index contributed by atoms with van der Waals surface area (Å²) in [5.41, 5.74) is 2.08. The molecule has 4 rings (SSSR count). The largest absolute Gasteiger partial charge is 0.493 e. The number of nitrogens with one attached hydrogen (secondary N) is 2. The molecule has 0 fully saturated rings. The summed E-state index contributed by atoms with van der Waals surface area (Å²) in [5, 5.41) is 12.1. The number of hydrogen-bond donors (Lipinski definition) is 2. The normalized spacial score (nSPS) is 17.3. The molecule has 1 aliphatic heterocycles. The topological polar surface area (TPSA) is 81.1 Å². The van der Waals surface area contributed by atoms with E-state index in [0.717, 1.165) is 48.4 Å². The van der Waals surface area contributed by atoms with Gasteiger partial charge in [-0.3, -0.25) is 0 Å². The lowest BCUT2D eigenvalue weighted by molar-refractivity contribution is -0.137. The summed E-state index contributed by atoms with van der Waals surface area (Å²) in [6.07, 6.45) is -0.384. The Kier molecular flexibility index (Phi) is 11.1. The number of fused-ring (bicyclic) bond motifs is 1. The lowest BCUT2D eigenvalue weighted by Gasteiger charge is -2.26. The van der Waals surface area contributed by atoms with E-state index in [2.05, 4.69) is 52.4 Å². The Labute approximate surface area is 231 Å². The van der Waals surface area contributed by atoms with Crippen LogP contribution in [0.5, 0.6) is 5.75 Å². The predicted octanol–water partition coefficient (Wildman–Crippen LogP) is 5.83. The van der Waals surface area contributed by atoms with Crippen molar-refractivity contribution in [3.63, 3.8) is 0 Å². The highest BCUT2D eigenvalue weighted by atomic mass is 32.2. The molecule has 0 saturated heterocycles. The molecule has 0 aliphatic carbocycles. The number of benzene rings is 2. The van der Waals surface area contributed by atoms with E-state index < -0.39 is 22.7 Å². The van der Waals surface area contributed by atoms with Crippen molar-refractivity contribution < 1.29 is 22.1 Å². The van der Waals surface area contributed by atoms with Crippen LogP contribution in [0.25, 0.3) is 0 Å². The van der Waals surface area contributed by atoms with Gasteiger partial charge in [0.25, 0.3) is 0 Å². The first-order chi connectivity index (χ1) is 18.6. The van der Waals surface area contributed by atoms with Gasteiger partial charge in [-0.25, -0.2) is 13.6 Å². The van der Waals surface area contributed by atoms with Gasteiger partial charge in [0.15, 0.2) is 0 Å². The highest BCUT2D eigenvalue weighted by molar-refractivity contribution is 7.83. The van der Waals surface area contributed by atoms with Crippen LogP contribution in [-0.4, -0.2) is 37.9 Å². The van der Waals surface area contributed by atoms with Crippen molar-refractivity contribution in [1.82, 2.24) is 25.0 Å². The van der Waals surface area contributed by atoms with Crippen molar-refractivity contribution in [2.24, 2.45) is 0 Å². The fourth-order valence-electron chi connectivity index (χ4n) is 4.19. The third-order valence-corrected chi connectivity index (χ3v) is 7.73. The molecule has 1 aromatic heterocycles. The van der Waals surface area contributed by atoms with Crippen LogP contribution in [0.1, 0.15) is 75.9 Å². The molecule has 39 heavy (non-hydrogen) atoms. The second kappa shape index (κ2) is 14.0. The number of alkyl halides is 3. The van der Waals surface area contributed by atoms with Gasteiger partial charge < -0.3 is 10.1 Å². The van der Waals surface area contributed by atoms with Gasteiger partial charge in [-0.1, -0.05) is 44.2 Å². The van der Waals surface area contributed by atoms with Gasteiger partial charge in [0.1, 0.15) is 16.7 Å². The molecule has 2 aromatic carbocycles. The van der Waals surface area contributed by atoms with Crippen LogP contribution in [0.2, 0.25) is 0 Å². The molecular weight excluding hydrogens is 527 g/mol. The quantitative estimate of drug-likeness (QED) is 0.324. The molecule has 3 aromatic rings. The SMILES string of the molecule is CC.CCC(C)NCc1ccc2c(c1)OCC[C@H]2n1cc(C[C@H](C)NS(=O)c2cccc(C(F)(F)F)c2)nn1. The highest BCUT2D eigenvalue weighted by Gasteiger charge is 2.31. The number of aromatic nitrogens is 3. The Morgan fingerprint density at radius 2 is 1.92 bits per heavy atom. The van der Waals surface area contributed by atoms with Gasteiger partial charge in [0, 0.05) is 43.2 Å². The Balaban J connectivity index is 0.00000205. The average molecular weight is 566 g/mol. The number of nitrogens with zero attached hydrogens (tertiary/aromatic N) is 3. The Hall–Kier alpha value is -2.76. The van der Waals surface area contributed by atoms with E-state index >= 15 is 0 Å². The third kappa shape index (κ3) is 8.36. The van der Waals surface area contributed by atoms with E-state index in [-0.39, 0.29) is 17.0 Å². The minimum atomic E-state index is -4.49. The monoisotopic (exact) mass is 565 g/mol. The summed E-state index contributed by atoms with van der Waals surface area (Å²) in [6.45, 7) is 11.5. The standard InChI is InChI=1S/C26H32F3N5O2S.C2H6/c1-4-17(2)30-15-19-8-9-23-24(10-11-36-25(23)13-19)34-16-21(31-33-34)12-18(3)32-37(35)22-7-5-6-20(14-22)26(27,28)29;1-2/h5-9,13-14,16-18,24,30,32H,4,10-12,15H2,1-3H3;1-2H3/t17?,18-,24+,37?;/m0./s1. The first-order valence-electron chi connectivity index (χ1n) is 13.4. The summed E-state index contributed by atoms with van der Waals surface area (Å²) in [5.74, 6) is 0.850. The molecule has 214 valence electrons. The number of ether oxygens (including phenoxy) is 1. The lowest BCUT2D eigenvalue weighted by atomic mass is 9.98. The second-order valence-corrected chi connectivity index (χ2v) is 10.7. The Morgan fingerprint density at radius 1 is 1.15 bits per heavy atom. The van der Waals surface area contributed by atoms with Crippen molar-refractivity contribution in [2.45, 2.75) is 89.6 Å². The van der Waals surface area contributed by atoms with Crippen LogP contribution in [0, 0.1) is 0 Å². The predicted molar refractivity (Wildman–Crippen MR) is 147 cm³/mol. The van der Waals surface area contributed by atoms with Gasteiger partial charge in [-0.15, -0.1) is 5.10 Å². The van der Waals surface area contributed by atoms with Gasteiger partial charge in [0.05, 0.1) is 28.8 Å². The van der Waals surface area contributed by atoms with Crippen molar-refractivity contribution >= 4 is 11.0 Å². The zero-order chi connectivity index (χ0) is 28.6. The Morgan fingerprint density at radius 3 is 2.64 bits per heavy atom. The van der Waals surface area contributed by atoms with E-state index in [1.807, 2.05) is 31.6 Å². The maximum atomic E-state index is 13.0. The fourth-order valence-corrected chi connectivity index (χ4v) is 5.21. The number of hydrogen-bond acceptors (Lipinski definition) is 5. The molecular formula is C28H38F3N5O2S. The average Bonchev–Trinajstić information content (AvgIpc) is 3.39. The molecule has 2 N–H and O–H groups in total. The van der Waals surface area contributed by atoms with Crippen LogP contribution in [-0.2, 0) is 30.1 Å². The summed E-state index contributed by atoms with van der Waals surface area (Å²) in [7, 11) is -1.79. The fraction of sp³-hybridized carbons (Fsp3) is 0.500. The van der Waals surface area contributed by atoms with Crippen LogP contribution >= 0.6 is 0 Å². The van der Waals surface area contributed by atoms with Crippen molar-refractivity contribution in [2.75, 3.05) is 6.61 Å². The van der Waals surface area contributed by atoms with E-state index in [1.165, 1.54) is 12.1 Å². The van der Waals surface area contributed by atoms with Gasteiger partial charge >= 0.3 is 6.18 Å². The summed E-state index contributed by atoms with van der Waals surface area (Å²) in [6, 6.07) is 10.9. The molecule has 0 amide bonds. The molecule has 4 atom stereocenters. The number of rotatable bonds is 10. The van der Waals surface area contributed by atoms with Gasteiger partial charge in [0.2, 0.25) is 0 Å². The molecule has 1 aliphatic rings. The molecule has 0 spiro atoms. The van der Waals surface area contributed by atoms with E-state index in [9.17, 15) is 17.4 Å². The van der Waals surface area contributed by atoms with E-state index in [0.29, 0.717) is 24.8 Å². The zero-order valence-electron chi connectivity index (χ0n) is 23.1. The summed E-state index contributed by atoms with van der Waals surface area (Å²) < 4.78 is 62.2. The number of halogens is 3. The maximum Gasteiger partial charge on any atom is 0.416 e. The highest BCUT2D eigenvalue weighted by Crippen LogP contribution is 2.35. The van der Waals surface area contributed by atoms with E-state index in [1.54, 1.807) is 0 Å². The zero-order valence-corrected chi connectivity index (χ0v) is 23.9. The minimum absolute atomic E-state index is 0.0101. The molecule has 2 unspecified atom stereocenters. The van der Waals surface area contributed by atoms with Crippen LogP contribution in [0.3, 0.4) is 0 Å². The van der Waals surface area contributed by atoms with Gasteiger partial charge in [-0.05, 0) is 50.1 Å². The molecule has 0 radical (unpaired) electrons. The molecule has 0 saturated carbocycles. The third-order valence-electron chi connectivity index (χ3n) is 6.43. The maximum absolute atomic E-state index is 13.0. The van der Waals surface area contributed by atoms with Gasteiger partial charge in [-0.2, -0.15) is 13.2 Å². The minimum Gasteiger partial charge on any atom is -0.493 e. The van der Waals surface area contributed by atoms with E-state index in [4.69, 9.17) is 4.74 Å². The lowest BCUT2D eigenvalue weighted by Crippen LogP contribution is -2.30. The molecule has 7 nitrogen and oxygen atoms in total. The molecule has 2 heterocycles. The second-order valence-electron chi connectivity index (χ2n) is 9.42. The summed E-state index contributed by atoms with van der Waals surface area (Å²) >= 11 is 0.